The van der Waals surface area contributed by atoms with Gasteiger partial charge in [-0.05, 0) is 44.9 Å². The highest BCUT2D eigenvalue weighted by Crippen LogP contribution is 2.43. The number of nitrogens with zero attached hydrogens (tertiary/aromatic N) is 1. The van der Waals surface area contributed by atoms with Gasteiger partial charge in [-0.1, -0.05) is 164 Å². The second-order valence-corrected chi connectivity index (χ2v) is 17.0. The van der Waals surface area contributed by atoms with E-state index in [1.165, 1.54) is 64.2 Å². The van der Waals surface area contributed by atoms with Gasteiger partial charge in [0.1, 0.15) is 19.8 Å². The number of ether oxygens (including phenoxy) is 2. The van der Waals surface area contributed by atoms with E-state index in [9.17, 15) is 24.2 Å². The minimum absolute atomic E-state index is 0.00271. The van der Waals surface area contributed by atoms with Gasteiger partial charge >= 0.3 is 19.8 Å². The summed E-state index contributed by atoms with van der Waals surface area (Å²) in [6.07, 6.45) is 42.7. The number of unbranched alkanes of at least 4 members (excludes halogenated alkanes) is 12. The van der Waals surface area contributed by atoms with Crippen molar-refractivity contribution in [1.82, 2.24) is 0 Å². The molecule has 0 amide bonds. The third-order valence-electron chi connectivity index (χ3n) is 8.84. The number of quaternary nitrogens is 1. The average molecular weight is 823 g/mol. The molecule has 10 nitrogen and oxygen atoms in total. The number of aliphatic hydroxyl groups is 1. The molecule has 328 valence electrons. The predicted molar refractivity (Wildman–Crippen MR) is 235 cm³/mol. The first-order chi connectivity index (χ1) is 27.4. The largest absolute Gasteiger partial charge is 0.472 e. The molecule has 0 aliphatic heterocycles. The number of carbonyl (C=O) groups is 2. The number of hydrogen-bond donors (Lipinski definition) is 2. The molecule has 3 atom stereocenters. The Kier molecular flexibility index (Phi) is 36.0. The van der Waals surface area contributed by atoms with Crippen LogP contribution in [0.4, 0.5) is 0 Å². The van der Waals surface area contributed by atoms with Crippen LogP contribution in [0.3, 0.4) is 0 Å². The topological polar surface area (TPSA) is 129 Å². The SMILES string of the molecule is CC/C=C\C/C=C\C/C=C\C=C\C(O)C/C=C\C/C=C\CCC(=O)OC(COC(=O)CCCCCCCCCCCCCCC)COP(=O)(O)OCC[N+](C)(C)C. The van der Waals surface area contributed by atoms with Crippen molar-refractivity contribution in [2.24, 2.45) is 0 Å². The Hall–Kier alpha value is -2.59. The highest BCUT2D eigenvalue weighted by Gasteiger charge is 2.27. The van der Waals surface area contributed by atoms with Crippen molar-refractivity contribution in [3.8, 4) is 0 Å². The summed E-state index contributed by atoms with van der Waals surface area (Å²) in [5.41, 5.74) is 0. The molecule has 11 heteroatoms. The molecule has 0 aromatic rings. The van der Waals surface area contributed by atoms with Crippen LogP contribution in [0.1, 0.15) is 149 Å². The number of hydrogen-bond acceptors (Lipinski definition) is 8. The van der Waals surface area contributed by atoms with Gasteiger partial charge in [-0.15, -0.1) is 0 Å². The maximum atomic E-state index is 12.7. The standard InChI is InChI=1S/C46H80NO9P/c1-6-8-10-12-14-16-18-19-20-22-24-29-33-37-45(49)53-41-44(42-55-57(51,52)54-40-39-47(3,4)5)56-46(50)38-34-30-26-25-28-32-36-43(48)35-31-27-23-21-17-15-13-11-9-7-2/h9,11,15,17,23,26-28,30-32,35,43-44,48H,6-8,10,12-14,16,18-22,24-25,29,33-34,36-42H2,1-5H3/p+1/b11-9-,17-15-,27-23-,30-26-,32-28-,35-31+. The Morgan fingerprint density at radius 2 is 1.21 bits per heavy atom. The Balaban J connectivity index is 4.59. The summed E-state index contributed by atoms with van der Waals surface area (Å²) >= 11 is 0. The van der Waals surface area contributed by atoms with Crippen molar-refractivity contribution in [2.75, 3.05) is 47.5 Å². The van der Waals surface area contributed by atoms with Crippen LogP contribution >= 0.6 is 7.82 Å². The number of aliphatic hydroxyl groups excluding tert-OH is 1. The highest BCUT2D eigenvalue weighted by molar-refractivity contribution is 7.47. The van der Waals surface area contributed by atoms with E-state index in [4.69, 9.17) is 18.5 Å². The third kappa shape index (κ3) is 41.4. The minimum Gasteiger partial charge on any atom is -0.462 e. The van der Waals surface area contributed by atoms with Gasteiger partial charge in [-0.3, -0.25) is 18.6 Å². The van der Waals surface area contributed by atoms with E-state index < -0.39 is 38.6 Å². The molecule has 0 radical (unpaired) electrons. The lowest BCUT2D eigenvalue weighted by Crippen LogP contribution is -2.37. The fourth-order valence-corrected chi connectivity index (χ4v) is 6.16. The van der Waals surface area contributed by atoms with Crippen LogP contribution in [0.25, 0.3) is 0 Å². The maximum absolute atomic E-state index is 12.7. The Bertz CT molecular complexity index is 1220. The number of likely N-dealkylation sites (N-methyl/N-ethyl adjacent to an activating group) is 1. The predicted octanol–water partition coefficient (Wildman–Crippen LogP) is 11.2. The van der Waals surface area contributed by atoms with Gasteiger partial charge < -0.3 is 24.0 Å². The Labute approximate surface area is 347 Å². The molecule has 0 heterocycles. The quantitative estimate of drug-likeness (QED) is 0.0156. The second kappa shape index (κ2) is 37.7. The summed E-state index contributed by atoms with van der Waals surface area (Å²) in [6, 6.07) is 0. The minimum atomic E-state index is -4.41. The van der Waals surface area contributed by atoms with Crippen LogP contribution in [-0.4, -0.2) is 86.1 Å². The van der Waals surface area contributed by atoms with Crippen LogP contribution in [0.5, 0.6) is 0 Å². The zero-order chi connectivity index (χ0) is 42.3. The first-order valence-corrected chi connectivity index (χ1v) is 23.3. The monoisotopic (exact) mass is 823 g/mol. The van der Waals surface area contributed by atoms with E-state index >= 15 is 0 Å². The molecular weight excluding hydrogens is 741 g/mol. The summed E-state index contributed by atoms with van der Waals surface area (Å²) in [5.74, 6) is -0.948. The van der Waals surface area contributed by atoms with E-state index in [1.807, 2.05) is 63.7 Å². The van der Waals surface area contributed by atoms with E-state index in [0.29, 0.717) is 30.3 Å². The van der Waals surface area contributed by atoms with Crippen molar-refractivity contribution >= 4 is 19.8 Å². The molecule has 57 heavy (non-hydrogen) atoms. The Morgan fingerprint density at radius 3 is 1.82 bits per heavy atom. The van der Waals surface area contributed by atoms with E-state index in [2.05, 4.69) is 38.2 Å². The third-order valence-corrected chi connectivity index (χ3v) is 9.83. The number of allylic oxidation sites excluding steroid dienone is 10. The molecule has 2 N–H and O–H groups in total. The van der Waals surface area contributed by atoms with Crippen molar-refractivity contribution in [1.29, 1.82) is 0 Å². The van der Waals surface area contributed by atoms with Crippen molar-refractivity contribution in [2.45, 2.75) is 161 Å². The van der Waals surface area contributed by atoms with Gasteiger partial charge in [0.15, 0.2) is 6.10 Å². The van der Waals surface area contributed by atoms with Crippen LogP contribution in [-0.2, 0) is 32.7 Å². The van der Waals surface area contributed by atoms with Crippen LogP contribution in [0, 0.1) is 0 Å². The number of rotatable bonds is 38. The summed E-state index contributed by atoms with van der Waals surface area (Å²) in [4.78, 5) is 35.3. The second-order valence-electron chi connectivity index (χ2n) is 15.6. The Morgan fingerprint density at radius 1 is 0.649 bits per heavy atom. The first kappa shape index (κ1) is 54.4. The fourth-order valence-electron chi connectivity index (χ4n) is 5.42. The number of phosphoric acid groups is 1. The van der Waals surface area contributed by atoms with Crippen molar-refractivity contribution in [3.05, 3.63) is 72.9 Å². The van der Waals surface area contributed by atoms with E-state index in [-0.39, 0.29) is 26.1 Å². The van der Waals surface area contributed by atoms with Crippen LogP contribution < -0.4 is 0 Å². The van der Waals surface area contributed by atoms with Gasteiger partial charge in [0.25, 0.3) is 0 Å². The molecule has 0 fully saturated rings. The smallest absolute Gasteiger partial charge is 0.462 e. The molecule has 0 rings (SSSR count). The first-order valence-electron chi connectivity index (χ1n) is 21.8. The molecule has 0 saturated heterocycles. The molecule has 0 aliphatic carbocycles. The summed E-state index contributed by atoms with van der Waals surface area (Å²) in [6.45, 7) is 4.11. The molecule has 0 aromatic heterocycles. The van der Waals surface area contributed by atoms with Gasteiger partial charge in [-0.2, -0.15) is 0 Å². The zero-order valence-corrected chi connectivity index (χ0v) is 37.3. The molecule has 0 saturated carbocycles. The lowest BCUT2D eigenvalue weighted by molar-refractivity contribution is -0.870. The molecule has 3 unspecified atom stereocenters. The van der Waals surface area contributed by atoms with E-state index in [0.717, 1.165) is 38.5 Å². The summed E-state index contributed by atoms with van der Waals surface area (Å²) in [7, 11) is 1.38. The fraction of sp³-hybridized carbons (Fsp3) is 0.696. The lowest BCUT2D eigenvalue weighted by atomic mass is 10.0. The maximum Gasteiger partial charge on any atom is 0.472 e. The summed E-state index contributed by atoms with van der Waals surface area (Å²) < 4.78 is 34.1. The van der Waals surface area contributed by atoms with Gasteiger partial charge in [0, 0.05) is 12.8 Å². The highest BCUT2D eigenvalue weighted by atomic mass is 31.2. The van der Waals surface area contributed by atoms with Crippen LogP contribution in [0.15, 0.2) is 72.9 Å². The number of esters is 2. The average Bonchev–Trinajstić information content (AvgIpc) is 3.15. The normalized spacial score (nSPS) is 14.9. The molecule has 0 aromatic carbocycles. The van der Waals surface area contributed by atoms with Gasteiger partial charge in [0.05, 0.1) is 33.9 Å². The van der Waals surface area contributed by atoms with Crippen LogP contribution in [0.2, 0.25) is 0 Å². The number of phosphoric ester groups is 1. The van der Waals surface area contributed by atoms with Crippen molar-refractivity contribution in [3.63, 3.8) is 0 Å². The molecule has 0 aliphatic rings. The molecular formula is C46H81NO9P+. The lowest BCUT2D eigenvalue weighted by Gasteiger charge is -2.24. The van der Waals surface area contributed by atoms with Crippen molar-refractivity contribution < 1.29 is 47.2 Å². The summed E-state index contributed by atoms with van der Waals surface area (Å²) in [5, 5.41) is 10.1. The zero-order valence-electron chi connectivity index (χ0n) is 36.4. The molecule has 0 spiro atoms. The van der Waals surface area contributed by atoms with E-state index in [1.54, 1.807) is 6.08 Å². The number of carbonyl (C=O) groups excluding carboxylic acids is 2. The van der Waals surface area contributed by atoms with Gasteiger partial charge in [0.2, 0.25) is 0 Å². The molecule has 0 bridgehead atoms. The van der Waals surface area contributed by atoms with Gasteiger partial charge in [-0.25, -0.2) is 4.57 Å².